The van der Waals surface area contributed by atoms with Gasteiger partial charge in [0.2, 0.25) is 0 Å². The Morgan fingerprint density at radius 1 is 1.24 bits per heavy atom. The first-order valence-corrected chi connectivity index (χ1v) is 14.8. The number of H-pyrrole nitrogens is 1. The molecule has 1 aromatic heterocycles. The van der Waals surface area contributed by atoms with E-state index in [9.17, 15) is 4.79 Å². The van der Waals surface area contributed by atoms with Gasteiger partial charge in [0.1, 0.15) is 0 Å². The summed E-state index contributed by atoms with van der Waals surface area (Å²) in [6.45, 7) is 11.3. The zero-order valence-corrected chi connectivity index (χ0v) is 25.1. The van der Waals surface area contributed by atoms with Crippen LogP contribution >= 0.6 is 0 Å². The Balaban J connectivity index is 1.36. The third kappa shape index (κ3) is 6.41. The van der Waals surface area contributed by atoms with Crippen molar-refractivity contribution in [2.24, 2.45) is 5.92 Å². The maximum Gasteiger partial charge on any atom is 0.251 e. The summed E-state index contributed by atoms with van der Waals surface area (Å²) in [5.74, 6) is 0.00297. The average molecular weight is 560 g/mol. The van der Waals surface area contributed by atoms with Gasteiger partial charge in [-0.15, -0.1) is 5.73 Å². The molecule has 0 bridgehead atoms. The fourth-order valence-electron chi connectivity index (χ4n) is 5.81. The molecule has 6 nitrogen and oxygen atoms in total. The van der Waals surface area contributed by atoms with Crippen molar-refractivity contribution in [2.75, 3.05) is 25.0 Å². The smallest absolute Gasteiger partial charge is 0.251 e. The first-order valence-electron chi connectivity index (χ1n) is 14.8. The number of likely N-dealkylation sites (tertiary alicyclic amines) is 1. The number of nitrogens with one attached hydrogen (secondary N) is 4. The Hall–Kier alpha value is -4.38. The molecular weight excluding hydrogens is 518 g/mol. The number of aromatic amines is 1. The van der Waals surface area contributed by atoms with Crippen LogP contribution in [0.3, 0.4) is 0 Å². The largest absolute Gasteiger partial charge is 0.361 e. The number of hydrogen-bond acceptors (Lipinski definition) is 4. The highest BCUT2D eigenvalue weighted by molar-refractivity contribution is 5.98. The minimum absolute atomic E-state index is 0.0729. The monoisotopic (exact) mass is 559 g/mol. The molecule has 6 heteroatoms. The number of nitrogens with zero attached hydrogens (tertiary/aromatic N) is 1. The van der Waals surface area contributed by atoms with Crippen LogP contribution in [0.5, 0.6) is 0 Å². The van der Waals surface area contributed by atoms with Crippen LogP contribution in [-0.2, 0) is 4.79 Å². The lowest BCUT2D eigenvalue weighted by molar-refractivity contribution is -0.117. The van der Waals surface area contributed by atoms with Gasteiger partial charge in [0.15, 0.2) is 0 Å². The van der Waals surface area contributed by atoms with Crippen LogP contribution in [0.2, 0.25) is 0 Å². The third-order valence-electron chi connectivity index (χ3n) is 8.65. The van der Waals surface area contributed by atoms with Crippen LogP contribution < -0.4 is 10.6 Å². The number of benzene rings is 1. The molecule has 216 valence electrons. The topological polar surface area (TPSA) is 84.0 Å². The molecule has 42 heavy (non-hydrogen) atoms. The molecule has 4 N–H and O–H groups in total. The Labute approximate surface area is 249 Å². The lowest BCUT2D eigenvalue weighted by Crippen LogP contribution is -2.43. The van der Waals surface area contributed by atoms with Gasteiger partial charge in [0, 0.05) is 70.7 Å². The molecule has 1 atom stereocenters. The van der Waals surface area contributed by atoms with E-state index in [1.165, 1.54) is 19.1 Å². The van der Waals surface area contributed by atoms with Gasteiger partial charge in [-0.25, -0.2) is 0 Å². The molecular formula is C36H41N5O. The number of allylic oxidation sites excluding steroid dienone is 8. The molecule has 5 rings (SSSR count). The summed E-state index contributed by atoms with van der Waals surface area (Å²) in [6.07, 6.45) is 21.5. The lowest BCUT2D eigenvalue weighted by atomic mass is 9.97. The molecule has 2 aromatic rings. The van der Waals surface area contributed by atoms with Gasteiger partial charge in [-0.2, -0.15) is 0 Å². The summed E-state index contributed by atoms with van der Waals surface area (Å²) < 4.78 is 0. The second kappa shape index (κ2) is 12.6. The van der Waals surface area contributed by atoms with Crippen molar-refractivity contribution in [3.63, 3.8) is 0 Å². The highest BCUT2D eigenvalue weighted by Gasteiger charge is 2.31. The molecule has 0 radical (unpaired) electrons. The molecule has 2 aliphatic carbocycles. The summed E-state index contributed by atoms with van der Waals surface area (Å²) in [7, 11) is 0. The van der Waals surface area contributed by atoms with Crippen LogP contribution in [0.25, 0.3) is 16.8 Å². The first kappa shape index (κ1) is 29.1. The summed E-state index contributed by atoms with van der Waals surface area (Å²) in [5.41, 5.74) is 11.6. The minimum Gasteiger partial charge on any atom is -0.361 e. The predicted octanol–water partition coefficient (Wildman–Crippen LogP) is 7.15. The fourth-order valence-corrected chi connectivity index (χ4v) is 5.81. The zero-order valence-electron chi connectivity index (χ0n) is 25.1. The van der Waals surface area contributed by atoms with Crippen LogP contribution in [0.1, 0.15) is 51.7 Å². The molecule has 0 spiro atoms. The Morgan fingerprint density at radius 3 is 2.88 bits per heavy atom. The SMILES string of the molecule is CC1=CC=C(C(=O)NCCN2CCCC2(C)C)C=C(Nc2cccc(-c3cc(C4=CC=C=CC=C4)c[nH]3)c2C=N)C1C. The molecule has 1 amide bonds. The Morgan fingerprint density at radius 2 is 2.10 bits per heavy atom. The second-order valence-corrected chi connectivity index (χ2v) is 11.8. The summed E-state index contributed by atoms with van der Waals surface area (Å²) in [4.78, 5) is 19.1. The zero-order chi connectivity index (χ0) is 29.7. The minimum atomic E-state index is -0.0729. The van der Waals surface area contributed by atoms with E-state index in [0.717, 1.165) is 58.0 Å². The normalized spacial score (nSPS) is 19.8. The molecule has 0 saturated carbocycles. The van der Waals surface area contributed by atoms with Gasteiger partial charge in [0.25, 0.3) is 5.91 Å². The second-order valence-electron chi connectivity index (χ2n) is 11.8. The van der Waals surface area contributed by atoms with E-state index >= 15 is 0 Å². The molecule has 1 aromatic carbocycles. The highest BCUT2D eigenvalue weighted by atomic mass is 16.1. The van der Waals surface area contributed by atoms with E-state index < -0.39 is 0 Å². The van der Waals surface area contributed by atoms with E-state index in [-0.39, 0.29) is 17.4 Å². The molecule has 1 fully saturated rings. The van der Waals surface area contributed by atoms with Crippen molar-refractivity contribution in [2.45, 2.75) is 46.1 Å². The van der Waals surface area contributed by atoms with Crippen molar-refractivity contribution >= 4 is 23.4 Å². The van der Waals surface area contributed by atoms with Crippen molar-refractivity contribution in [1.29, 1.82) is 5.41 Å². The van der Waals surface area contributed by atoms with Gasteiger partial charge in [-0.3, -0.25) is 9.69 Å². The first-order chi connectivity index (χ1) is 20.3. The number of hydrogen-bond donors (Lipinski definition) is 4. The lowest BCUT2D eigenvalue weighted by Gasteiger charge is -2.31. The van der Waals surface area contributed by atoms with E-state index in [2.05, 4.69) is 66.1 Å². The maximum atomic E-state index is 13.3. The molecule has 1 unspecified atom stereocenters. The van der Waals surface area contributed by atoms with Crippen LogP contribution in [0, 0.1) is 11.3 Å². The number of anilines is 1. The van der Waals surface area contributed by atoms with Crippen LogP contribution in [0.15, 0.2) is 102 Å². The maximum absolute atomic E-state index is 13.3. The number of rotatable bonds is 9. The van der Waals surface area contributed by atoms with Gasteiger partial charge in [-0.1, -0.05) is 42.9 Å². The van der Waals surface area contributed by atoms with E-state index in [1.54, 1.807) is 0 Å². The standard InChI is InChI=1S/C36H41N5O/c1-25-15-16-28(35(42)38-18-20-41-19-10-17-36(41,3)4)21-33(26(25)2)40-32-14-9-13-30(31(32)23-37)34-22-29(24-39-34)27-11-7-5-6-8-12-27/h5,7-9,11-16,21-24,26,37,39-40H,10,17-20H2,1-4H3,(H,38,42). The number of aromatic nitrogens is 1. The summed E-state index contributed by atoms with van der Waals surface area (Å²) in [6, 6.07) is 8.11. The van der Waals surface area contributed by atoms with Crippen molar-refractivity contribution in [3.05, 3.63) is 113 Å². The van der Waals surface area contributed by atoms with Crippen molar-refractivity contribution < 1.29 is 4.79 Å². The third-order valence-corrected chi connectivity index (χ3v) is 8.65. The molecule has 2 heterocycles. The molecule has 1 saturated heterocycles. The number of amides is 1. The van der Waals surface area contributed by atoms with E-state index in [4.69, 9.17) is 5.41 Å². The van der Waals surface area contributed by atoms with E-state index in [0.29, 0.717) is 12.1 Å². The Kier molecular flexibility index (Phi) is 8.77. The summed E-state index contributed by atoms with van der Waals surface area (Å²) in [5, 5.41) is 15.0. The summed E-state index contributed by atoms with van der Waals surface area (Å²) >= 11 is 0. The Bertz CT molecular complexity index is 1590. The van der Waals surface area contributed by atoms with Gasteiger partial charge in [-0.05, 0) is 93.8 Å². The number of carbonyl (C=O) groups excluding carboxylic acids is 1. The number of carbonyl (C=O) groups is 1. The van der Waals surface area contributed by atoms with E-state index in [1.807, 2.05) is 66.9 Å². The molecule has 3 aliphatic rings. The predicted molar refractivity (Wildman–Crippen MR) is 174 cm³/mol. The highest BCUT2D eigenvalue weighted by Crippen LogP contribution is 2.33. The quantitative estimate of drug-likeness (QED) is 0.194. The van der Waals surface area contributed by atoms with Crippen LogP contribution in [-0.4, -0.2) is 47.2 Å². The fraction of sp³-hybridized carbons (Fsp3) is 0.306. The van der Waals surface area contributed by atoms with Crippen LogP contribution in [0.4, 0.5) is 5.69 Å². The molecule has 1 aliphatic heterocycles. The van der Waals surface area contributed by atoms with Crippen molar-refractivity contribution in [3.8, 4) is 11.3 Å². The van der Waals surface area contributed by atoms with Gasteiger partial charge < -0.3 is 21.0 Å². The van der Waals surface area contributed by atoms with Gasteiger partial charge in [0.05, 0.1) is 0 Å². The van der Waals surface area contributed by atoms with Gasteiger partial charge >= 0.3 is 0 Å². The van der Waals surface area contributed by atoms with Crippen molar-refractivity contribution in [1.82, 2.24) is 15.2 Å². The average Bonchev–Trinajstić information content (AvgIpc) is 3.45.